The smallest absolute Gasteiger partial charge is 0.0623 e. The maximum atomic E-state index is 2.46. The predicted octanol–water partition coefficient (Wildman–Crippen LogP) is 2.80. The SMILES string of the molecule is Cc1ccc2c(c1)[Si](C)(C)c1ccccc1-2. The molecule has 0 saturated heterocycles. The second-order valence-electron chi connectivity index (χ2n) is 5.22. The van der Waals surface area contributed by atoms with Crippen molar-refractivity contribution in [1.29, 1.82) is 0 Å². The maximum absolute atomic E-state index is 2.46. The van der Waals surface area contributed by atoms with Crippen molar-refractivity contribution in [3.63, 3.8) is 0 Å². The van der Waals surface area contributed by atoms with Gasteiger partial charge in [-0.3, -0.25) is 0 Å². The highest BCUT2D eigenvalue weighted by Crippen LogP contribution is 2.28. The van der Waals surface area contributed by atoms with Crippen LogP contribution in [-0.2, 0) is 0 Å². The first kappa shape index (κ1) is 9.85. The van der Waals surface area contributed by atoms with E-state index in [4.69, 9.17) is 0 Å². The number of benzene rings is 2. The van der Waals surface area contributed by atoms with Crippen LogP contribution in [0.15, 0.2) is 42.5 Å². The Balaban J connectivity index is 2.39. The van der Waals surface area contributed by atoms with Crippen molar-refractivity contribution in [3.05, 3.63) is 48.0 Å². The Bertz CT molecular complexity index is 567. The number of rotatable bonds is 0. The molecule has 0 radical (unpaired) electrons. The number of hydrogen-bond donors (Lipinski definition) is 0. The molecule has 1 heteroatoms. The van der Waals surface area contributed by atoms with Gasteiger partial charge in [-0.1, -0.05) is 61.1 Å². The minimum absolute atomic E-state index is 1.38. The molecule has 1 aliphatic rings. The van der Waals surface area contributed by atoms with Crippen LogP contribution >= 0.6 is 0 Å². The van der Waals surface area contributed by atoms with Gasteiger partial charge in [0.25, 0.3) is 0 Å². The Morgan fingerprint density at radius 1 is 0.812 bits per heavy atom. The van der Waals surface area contributed by atoms with Crippen LogP contribution in [0.25, 0.3) is 11.1 Å². The molecule has 0 nitrogen and oxygen atoms in total. The highest BCUT2D eigenvalue weighted by molar-refractivity contribution is 7.03. The minimum atomic E-state index is -1.41. The molecule has 3 rings (SSSR count). The monoisotopic (exact) mass is 224 g/mol. The van der Waals surface area contributed by atoms with Crippen LogP contribution in [0.1, 0.15) is 5.56 Å². The molecule has 0 amide bonds. The fourth-order valence-corrected chi connectivity index (χ4v) is 5.99. The Kier molecular flexibility index (Phi) is 1.90. The van der Waals surface area contributed by atoms with Gasteiger partial charge in [-0.05, 0) is 28.4 Å². The molecule has 1 heterocycles. The van der Waals surface area contributed by atoms with Crippen molar-refractivity contribution in [2.75, 3.05) is 0 Å². The third kappa shape index (κ3) is 1.15. The second-order valence-corrected chi connectivity index (χ2v) is 9.55. The van der Waals surface area contributed by atoms with Gasteiger partial charge in [-0.25, -0.2) is 0 Å². The van der Waals surface area contributed by atoms with E-state index in [-0.39, 0.29) is 0 Å². The topological polar surface area (TPSA) is 0 Å². The van der Waals surface area contributed by atoms with E-state index >= 15 is 0 Å². The van der Waals surface area contributed by atoms with Crippen molar-refractivity contribution in [3.8, 4) is 11.1 Å². The molecule has 0 aliphatic carbocycles. The minimum Gasteiger partial charge on any atom is -0.0623 e. The Morgan fingerprint density at radius 2 is 1.50 bits per heavy atom. The third-order valence-corrected chi connectivity index (χ3v) is 7.28. The summed E-state index contributed by atoms with van der Waals surface area (Å²) in [5.74, 6) is 0. The van der Waals surface area contributed by atoms with Crippen LogP contribution in [0.4, 0.5) is 0 Å². The molecule has 0 saturated carbocycles. The van der Waals surface area contributed by atoms with Gasteiger partial charge in [0.1, 0.15) is 8.07 Å². The molecule has 2 aromatic rings. The quantitative estimate of drug-likeness (QED) is 0.604. The number of hydrogen-bond acceptors (Lipinski definition) is 0. The van der Waals surface area contributed by atoms with Crippen LogP contribution in [0.2, 0.25) is 13.1 Å². The zero-order valence-electron chi connectivity index (χ0n) is 10.0. The van der Waals surface area contributed by atoms with Crippen LogP contribution in [-0.4, -0.2) is 8.07 Å². The number of fused-ring (bicyclic) bond motifs is 3. The van der Waals surface area contributed by atoms with E-state index in [2.05, 4.69) is 62.5 Å². The molecular formula is C15H16Si. The summed E-state index contributed by atoms with van der Waals surface area (Å²) in [6.45, 7) is 7.10. The summed E-state index contributed by atoms with van der Waals surface area (Å²) < 4.78 is 0. The van der Waals surface area contributed by atoms with Crippen LogP contribution in [0, 0.1) is 6.92 Å². The van der Waals surface area contributed by atoms with Crippen molar-refractivity contribution in [2.24, 2.45) is 0 Å². The molecule has 2 aromatic carbocycles. The normalized spacial score (nSPS) is 15.7. The summed E-state index contributed by atoms with van der Waals surface area (Å²) in [6.07, 6.45) is 0. The molecule has 80 valence electrons. The molecule has 0 bridgehead atoms. The van der Waals surface area contributed by atoms with Gasteiger partial charge in [0, 0.05) is 0 Å². The summed E-state index contributed by atoms with van der Waals surface area (Å²) in [5.41, 5.74) is 4.32. The zero-order chi connectivity index (χ0) is 11.3. The fraction of sp³-hybridized carbons (Fsp3) is 0.200. The lowest BCUT2D eigenvalue weighted by molar-refractivity contribution is 1.49. The largest absolute Gasteiger partial charge is 0.113 e. The molecule has 0 aromatic heterocycles. The highest BCUT2D eigenvalue weighted by atomic mass is 28.3. The Hall–Kier alpha value is -1.34. The van der Waals surface area contributed by atoms with E-state index in [1.165, 1.54) is 16.7 Å². The summed E-state index contributed by atoms with van der Waals surface area (Å²) in [7, 11) is -1.41. The summed E-state index contributed by atoms with van der Waals surface area (Å²) in [4.78, 5) is 0. The van der Waals surface area contributed by atoms with Gasteiger partial charge in [-0.2, -0.15) is 0 Å². The van der Waals surface area contributed by atoms with Gasteiger partial charge in [-0.15, -0.1) is 0 Å². The lowest BCUT2D eigenvalue weighted by Gasteiger charge is -2.18. The van der Waals surface area contributed by atoms with Crippen LogP contribution in [0.3, 0.4) is 0 Å². The zero-order valence-corrected chi connectivity index (χ0v) is 11.0. The predicted molar refractivity (Wildman–Crippen MR) is 73.4 cm³/mol. The lowest BCUT2D eigenvalue weighted by Crippen LogP contribution is -2.49. The molecule has 0 spiro atoms. The Morgan fingerprint density at radius 3 is 2.31 bits per heavy atom. The van der Waals surface area contributed by atoms with E-state index in [1.54, 1.807) is 10.4 Å². The molecule has 16 heavy (non-hydrogen) atoms. The highest BCUT2D eigenvalue weighted by Gasteiger charge is 2.36. The summed E-state index contributed by atoms with van der Waals surface area (Å²) in [5, 5.41) is 3.20. The Labute approximate surface area is 98.0 Å². The molecular weight excluding hydrogens is 208 g/mol. The fourth-order valence-electron chi connectivity index (χ4n) is 2.82. The number of aryl methyl sites for hydroxylation is 1. The lowest BCUT2D eigenvalue weighted by atomic mass is 10.0. The first-order valence-corrected chi connectivity index (χ1v) is 8.82. The molecule has 0 unspecified atom stereocenters. The van der Waals surface area contributed by atoms with E-state index in [0.717, 1.165) is 0 Å². The first-order valence-electron chi connectivity index (χ1n) is 5.82. The van der Waals surface area contributed by atoms with Crippen molar-refractivity contribution in [1.82, 2.24) is 0 Å². The van der Waals surface area contributed by atoms with Gasteiger partial charge < -0.3 is 0 Å². The summed E-state index contributed by atoms with van der Waals surface area (Å²) >= 11 is 0. The molecule has 0 atom stereocenters. The summed E-state index contributed by atoms with van der Waals surface area (Å²) in [6, 6.07) is 15.8. The van der Waals surface area contributed by atoms with Crippen molar-refractivity contribution < 1.29 is 0 Å². The average Bonchev–Trinajstić information content (AvgIpc) is 2.49. The molecule has 1 aliphatic heterocycles. The standard InChI is InChI=1S/C15H16Si/c1-11-8-9-13-12-6-4-5-7-14(12)16(2,3)15(13)10-11/h4-10H,1-3H3. The van der Waals surface area contributed by atoms with E-state index in [0.29, 0.717) is 0 Å². The van der Waals surface area contributed by atoms with E-state index in [9.17, 15) is 0 Å². The van der Waals surface area contributed by atoms with Gasteiger partial charge in [0.15, 0.2) is 0 Å². The van der Waals surface area contributed by atoms with Gasteiger partial charge in [0.05, 0.1) is 0 Å². The van der Waals surface area contributed by atoms with Crippen molar-refractivity contribution in [2.45, 2.75) is 20.0 Å². The second kappa shape index (κ2) is 3.08. The average molecular weight is 224 g/mol. The maximum Gasteiger partial charge on any atom is 0.113 e. The van der Waals surface area contributed by atoms with Gasteiger partial charge in [0.2, 0.25) is 0 Å². The van der Waals surface area contributed by atoms with Crippen LogP contribution < -0.4 is 10.4 Å². The van der Waals surface area contributed by atoms with Gasteiger partial charge >= 0.3 is 0 Å². The van der Waals surface area contributed by atoms with Crippen molar-refractivity contribution >= 4 is 18.4 Å². The first-order chi connectivity index (χ1) is 7.60. The van der Waals surface area contributed by atoms with Crippen LogP contribution in [0.5, 0.6) is 0 Å². The van der Waals surface area contributed by atoms with E-state index in [1.807, 2.05) is 0 Å². The van der Waals surface area contributed by atoms with E-state index < -0.39 is 8.07 Å². The molecule has 0 fully saturated rings. The third-order valence-electron chi connectivity index (χ3n) is 3.74. The molecule has 0 N–H and O–H groups in total.